The van der Waals surface area contributed by atoms with Gasteiger partial charge in [0.25, 0.3) is 0 Å². The van der Waals surface area contributed by atoms with Gasteiger partial charge in [-0.15, -0.1) is 0 Å². The van der Waals surface area contributed by atoms with E-state index >= 15 is 0 Å². The highest BCUT2D eigenvalue weighted by Crippen LogP contribution is 2.32. The number of methoxy groups -OCH3 is 2. The minimum atomic E-state index is -1.19. The maximum absolute atomic E-state index is 10.7. The molecule has 0 aliphatic heterocycles. The SMILES string of the molecule is COc1cc(OC)nc(C(O)c2cc(Cl)cc(COC(C)C)c2N)n1. The van der Waals surface area contributed by atoms with Crippen LogP contribution in [0.25, 0.3) is 0 Å². The van der Waals surface area contributed by atoms with Crippen molar-refractivity contribution in [2.75, 3.05) is 20.0 Å². The average Bonchev–Trinajstić information content (AvgIpc) is 2.60. The highest BCUT2D eigenvalue weighted by atomic mass is 35.5. The Morgan fingerprint density at radius 3 is 2.24 bits per heavy atom. The summed E-state index contributed by atoms with van der Waals surface area (Å²) in [6.07, 6.45) is -1.15. The molecule has 1 heterocycles. The molecule has 0 bridgehead atoms. The zero-order valence-corrected chi connectivity index (χ0v) is 15.4. The van der Waals surface area contributed by atoms with Crippen LogP contribution >= 0.6 is 11.6 Å². The Kier molecular flexibility index (Phi) is 6.41. The molecule has 0 fully saturated rings. The lowest BCUT2D eigenvalue weighted by molar-refractivity contribution is 0.0659. The average molecular weight is 368 g/mol. The largest absolute Gasteiger partial charge is 0.481 e. The van der Waals surface area contributed by atoms with Crippen molar-refractivity contribution in [1.82, 2.24) is 9.97 Å². The zero-order valence-electron chi connectivity index (χ0n) is 14.6. The van der Waals surface area contributed by atoms with Gasteiger partial charge in [-0.2, -0.15) is 9.97 Å². The van der Waals surface area contributed by atoms with E-state index in [0.717, 1.165) is 0 Å². The molecule has 0 aliphatic rings. The Hall–Kier alpha value is -2.09. The molecular weight excluding hydrogens is 346 g/mol. The Bertz CT molecular complexity index is 718. The number of nitrogens with two attached hydrogens (primary N) is 1. The number of hydrogen-bond acceptors (Lipinski definition) is 7. The molecule has 2 rings (SSSR count). The normalized spacial score (nSPS) is 12.3. The molecule has 0 saturated heterocycles. The maximum atomic E-state index is 10.7. The number of aliphatic hydroxyl groups is 1. The number of aliphatic hydroxyl groups excluding tert-OH is 1. The van der Waals surface area contributed by atoms with Crippen molar-refractivity contribution in [3.05, 3.63) is 40.2 Å². The fourth-order valence-electron chi connectivity index (χ4n) is 2.19. The van der Waals surface area contributed by atoms with Crippen molar-refractivity contribution in [3.8, 4) is 11.8 Å². The van der Waals surface area contributed by atoms with Crippen LogP contribution in [-0.4, -0.2) is 35.4 Å². The van der Waals surface area contributed by atoms with E-state index in [2.05, 4.69) is 9.97 Å². The Balaban J connectivity index is 2.43. The summed E-state index contributed by atoms with van der Waals surface area (Å²) in [5.41, 5.74) is 7.66. The van der Waals surface area contributed by atoms with E-state index < -0.39 is 6.10 Å². The predicted molar refractivity (Wildman–Crippen MR) is 95.0 cm³/mol. The minimum Gasteiger partial charge on any atom is -0.481 e. The van der Waals surface area contributed by atoms with E-state index in [1.807, 2.05) is 13.8 Å². The molecule has 8 heteroatoms. The number of rotatable bonds is 7. The third kappa shape index (κ3) is 4.72. The van der Waals surface area contributed by atoms with Gasteiger partial charge < -0.3 is 25.1 Å². The summed E-state index contributed by atoms with van der Waals surface area (Å²) in [5, 5.41) is 11.2. The molecule has 1 aromatic heterocycles. The second kappa shape index (κ2) is 8.33. The summed E-state index contributed by atoms with van der Waals surface area (Å²) in [6, 6.07) is 4.80. The Labute approximate surface area is 151 Å². The number of ether oxygens (including phenoxy) is 3. The highest BCUT2D eigenvalue weighted by Gasteiger charge is 2.21. The first-order valence-electron chi connectivity index (χ1n) is 7.70. The third-order valence-electron chi connectivity index (χ3n) is 3.49. The van der Waals surface area contributed by atoms with Gasteiger partial charge in [-0.1, -0.05) is 11.6 Å². The maximum Gasteiger partial charge on any atom is 0.220 e. The van der Waals surface area contributed by atoms with Crippen LogP contribution in [0, 0.1) is 0 Å². The fraction of sp³-hybridized carbons (Fsp3) is 0.412. The molecule has 0 aliphatic carbocycles. The number of nitrogen functional groups attached to an aromatic ring is 1. The number of halogens is 1. The lowest BCUT2D eigenvalue weighted by atomic mass is 10.0. The van der Waals surface area contributed by atoms with Gasteiger partial charge in [0.1, 0.15) is 6.10 Å². The molecule has 0 radical (unpaired) electrons. The van der Waals surface area contributed by atoms with E-state index in [1.165, 1.54) is 20.3 Å². The molecule has 3 N–H and O–H groups in total. The van der Waals surface area contributed by atoms with E-state index in [0.29, 0.717) is 21.8 Å². The molecule has 1 aromatic carbocycles. The summed E-state index contributed by atoms with van der Waals surface area (Å²) < 4.78 is 15.8. The molecule has 1 atom stereocenters. The number of benzene rings is 1. The fourth-order valence-corrected chi connectivity index (χ4v) is 2.44. The van der Waals surface area contributed by atoms with Crippen molar-refractivity contribution < 1.29 is 19.3 Å². The summed E-state index contributed by atoms with van der Waals surface area (Å²) in [5.74, 6) is 0.635. The smallest absolute Gasteiger partial charge is 0.220 e. The van der Waals surface area contributed by atoms with Crippen molar-refractivity contribution in [2.24, 2.45) is 0 Å². The van der Waals surface area contributed by atoms with Crippen molar-refractivity contribution in [3.63, 3.8) is 0 Å². The van der Waals surface area contributed by atoms with Gasteiger partial charge in [0.05, 0.1) is 33.0 Å². The number of aromatic nitrogens is 2. The van der Waals surface area contributed by atoms with E-state index in [-0.39, 0.29) is 30.3 Å². The number of hydrogen-bond donors (Lipinski definition) is 2. The summed E-state index contributed by atoms with van der Waals surface area (Å²) in [4.78, 5) is 8.32. The van der Waals surface area contributed by atoms with Gasteiger partial charge in [-0.05, 0) is 26.0 Å². The Morgan fingerprint density at radius 2 is 1.72 bits per heavy atom. The van der Waals surface area contributed by atoms with Gasteiger partial charge in [0.2, 0.25) is 11.8 Å². The van der Waals surface area contributed by atoms with Crippen LogP contribution in [0.2, 0.25) is 5.02 Å². The van der Waals surface area contributed by atoms with Crippen LogP contribution in [0.5, 0.6) is 11.8 Å². The molecule has 1 unspecified atom stereocenters. The van der Waals surface area contributed by atoms with Crippen LogP contribution in [0.3, 0.4) is 0 Å². The summed E-state index contributed by atoms with van der Waals surface area (Å²) in [6.45, 7) is 4.13. The number of anilines is 1. The topological polar surface area (TPSA) is 99.7 Å². The first-order chi connectivity index (χ1) is 11.8. The Morgan fingerprint density at radius 1 is 1.12 bits per heavy atom. The molecule has 2 aromatic rings. The van der Waals surface area contributed by atoms with Gasteiger partial charge in [-0.3, -0.25) is 0 Å². The minimum absolute atomic E-state index is 0.0396. The van der Waals surface area contributed by atoms with Gasteiger partial charge in [0, 0.05) is 21.8 Å². The molecule has 0 saturated carbocycles. The monoisotopic (exact) mass is 367 g/mol. The first-order valence-corrected chi connectivity index (χ1v) is 8.08. The molecule has 0 spiro atoms. The van der Waals surface area contributed by atoms with E-state index in [1.54, 1.807) is 12.1 Å². The van der Waals surface area contributed by atoms with Crippen LogP contribution < -0.4 is 15.2 Å². The van der Waals surface area contributed by atoms with E-state index in [4.69, 9.17) is 31.5 Å². The van der Waals surface area contributed by atoms with Crippen LogP contribution in [0.15, 0.2) is 18.2 Å². The summed E-state index contributed by atoms with van der Waals surface area (Å²) in [7, 11) is 2.93. The second-order valence-corrected chi connectivity index (χ2v) is 6.08. The van der Waals surface area contributed by atoms with Crippen molar-refractivity contribution >= 4 is 17.3 Å². The molecular formula is C17H22ClN3O4. The van der Waals surface area contributed by atoms with Crippen molar-refractivity contribution in [2.45, 2.75) is 32.7 Å². The first kappa shape index (κ1) is 19.2. The molecule has 7 nitrogen and oxygen atoms in total. The van der Waals surface area contributed by atoms with Crippen LogP contribution in [0.1, 0.15) is 36.9 Å². The lowest BCUT2D eigenvalue weighted by Gasteiger charge is -2.18. The molecule has 136 valence electrons. The second-order valence-electron chi connectivity index (χ2n) is 5.64. The van der Waals surface area contributed by atoms with E-state index in [9.17, 15) is 5.11 Å². The predicted octanol–water partition coefficient (Wildman–Crippen LogP) is 2.74. The molecule has 25 heavy (non-hydrogen) atoms. The quantitative estimate of drug-likeness (QED) is 0.725. The number of nitrogens with zero attached hydrogens (tertiary/aromatic N) is 2. The standard InChI is InChI=1S/C17H22ClN3O4/c1-9(2)25-8-10-5-11(18)6-12(15(10)19)16(22)17-20-13(23-3)7-14(21-17)24-4/h5-7,9,16,22H,8,19H2,1-4H3. The third-order valence-corrected chi connectivity index (χ3v) is 3.71. The van der Waals surface area contributed by atoms with Crippen LogP contribution in [-0.2, 0) is 11.3 Å². The highest BCUT2D eigenvalue weighted by molar-refractivity contribution is 6.30. The van der Waals surface area contributed by atoms with Gasteiger partial charge in [0.15, 0.2) is 5.82 Å². The van der Waals surface area contributed by atoms with Gasteiger partial charge >= 0.3 is 0 Å². The zero-order chi connectivity index (χ0) is 18.6. The van der Waals surface area contributed by atoms with Gasteiger partial charge in [-0.25, -0.2) is 0 Å². The lowest BCUT2D eigenvalue weighted by Crippen LogP contribution is -2.12. The van der Waals surface area contributed by atoms with Crippen molar-refractivity contribution in [1.29, 1.82) is 0 Å². The molecule has 0 amide bonds. The summed E-state index contributed by atoms with van der Waals surface area (Å²) >= 11 is 6.17. The van der Waals surface area contributed by atoms with Crippen LogP contribution in [0.4, 0.5) is 5.69 Å².